The SMILES string of the molecule is Cc1c(CNC(=O)c2ccncc2)c(C(C)C)c(SC2=CC(CCl)=CCC(Cl)=C2)n1Cc1ccncc1. The fraction of sp³-hybridized carbons (Fsp3) is 0.276. The third-order valence-corrected chi connectivity index (χ3v) is 7.91. The number of amides is 1. The van der Waals surface area contributed by atoms with E-state index in [-0.39, 0.29) is 11.8 Å². The molecule has 3 aromatic rings. The number of pyridine rings is 2. The summed E-state index contributed by atoms with van der Waals surface area (Å²) >= 11 is 14.4. The van der Waals surface area contributed by atoms with Gasteiger partial charge in [-0.15, -0.1) is 11.6 Å². The first-order valence-electron chi connectivity index (χ1n) is 12.2. The minimum Gasteiger partial charge on any atom is -0.348 e. The monoisotopic (exact) mass is 552 g/mol. The lowest BCUT2D eigenvalue weighted by molar-refractivity contribution is 0.0950. The van der Waals surface area contributed by atoms with Gasteiger partial charge in [0.1, 0.15) is 0 Å². The lowest BCUT2D eigenvalue weighted by atomic mass is 10.0. The summed E-state index contributed by atoms with van der Waals surface area (Å²) < 4.78 is 2.33. The predicted octanol–water partition coefficient (Wildman–Crippen LogP) is 7.36. The molecule has 3 heterocycles. The second-order valence-electron chi connectivity index (χ2n) is 9.15. The molecule has 0 saturated carbocycles. The summed E-state index contributed by atoms with van der Waals surface area (Å²) in [7, 11) is 0. The molecule has 4 rings (SSSR count). The molecular formula is C29H30Cl2N4OS. The third-order valence-electron chi connectivity index (χ3n) is 6.23. The molecule has 0 aromatic carbocycles. The normalized spacial score (nSPS) is 13.6. The molecular weight excluding hydrogens is 523 g/mol. The number of allylic oxidation sites excluding steroid dienone is 5. The number of thioether (sulfide) groups is 1. The molecule has 1 aliphatic carbocycles. The van der Waals surface area contributed by atoms with Gasteiger partial charge in [0.25, 0.3) is 5.91 Å². The van der Waals surface area contributed by atoms with Crippen molar-refractivity contribution in [3.63, 3.8) is 0 Å². The molecule has 8 heteroatoms. The lowest BCUT2D eigenvalue weighted by Gasteiger charge is -2.15. The summed E-state index contributed by atoms with van der Waals surface area (Å²) in [6.45, 7) is 7.63. The minimum absolute atomic E-state index is 0.120. The molecule has 1 aliphatic rings. The Hall–Kier alpha value is -2.80. The van der Waals surface area contributed by atoms with Gasteiger partial charge in [0, 0.05) is 71.4 Å². The molecule has 0 saturated heterocycles. The van der Waals surface area contributed by atoms with Gasteiger partial charge in [-0.25, -0.2) is 0 Å². The van der Waals surface area contributed by atoms with Crippen LogP contribution in [-0.4, -0.2) is 26.3 Å². The number of hydrogen-bond donors (Lipinski definition) is 1. The van der Waals surface area contributed by atoms with Crippen LogP contribution in [0.2, 0.25) is 0 Å². The van der Waals surface area contributed by atoms with E-state index in [0.717, 1.165) is 37.4 Å². The molecule has 0 aliphatic heterocycles. The maximum atomic E-state index is 12.8. The molecule has 0 radical (unpaired) electrons. The van der Waals surface area contributed by atoms with Crippen molar-refractivity contribution in [2.75, 3.05) is 5.88 Å². The molecule has 0 unspecified atom stereocenters. The second kappa shape index (κ2) is 12.6. The zero-order valence-corrected chi connectivity index (χ0v) is 23.5. The molecule has 192 valence electrons. The van der Waals surface area contributed by atoms with E-state index in [4.69, 9.17) is 23.2 Å². The van der Waals surface area contributed by atoms with Crippen molar-refractivity contribution >= 4 is 40.9 Å². The first-order chi connectivity index (χ1) is 17.9. The van der Waals surface area contributed by atoms with Crippen LogP contribution >= 0.6 is 35.0 Å². The molecule has 0 spiro atoms. The number of aromatic nitrogens is 3. The Kier molecular flexibility index (Phi) is 9.30. The smallest absolute Gasteiger partial charge is 0.251 e. The van der Waals surface area contributed by atoms with E-state index in [9.17, 15) is 4.79 Å². The molecule has 5 nitrogen and oxygen atoms in total. The second-order valence-corrected chi connectivity index (χ2v) is 11.0. The number of alkyl halides is 1. The van der Waals surface area contributed by atoms with Gasteiger partial charge in [-0.3, -0.25) is 14.8 Å². The summed E-state index contributed by atoms with van der Waals surface area (Å²) in [5.41, 5.74) is 6.27. The quantitative estimate of drug-likeness (QED) is 0.282. The van der Waals surface area contributed by atoms with Crippen molar-refractivity contribution in [2.45, 2.75) is 51.2 Å². The Labute approximate surface area is 232 Å². The maximum absolute atomic E-state index is 12.8. The molecule has 37 heavy (non-hydrogen) atoms. The zero-order chi connectivity index (χ0) is 26.4. The maximum Gasteiger partial charge on any atom is 0.251 e. The summed E-state index contributed by atoms with van der Waals surface area (Å²) in [6.07, 6.45) is 13.8. The number of carbonyl (C=O) groups excluding carboxylic acids is 1. The number of nitrogens with zero attached hydrogens (tertiary/aromatic N) is 3. The molecule has 1 N–H and O–H groups in total. The van der Waals surface area contributed by atoms with Crippen LogP contribution in [0.15, 0.2) is 87.8 Å². The van der Waals surface area contributed by atoms with E-state index in [1.54, 1.807) is 36.3 Å². The van der Waals surface area contributed by atoms with E-state index in [1.807, 2.05) is 30.6 Å². The van der Waals surface area contributed by atoms with Gasteiger partial charge in [-0.1, -0.05) is 43.3 Å². The van der Waals surface area contributed by atoms with Crippen LogP contribution in [0, 0.1) is 6.92 Å². The first-order valence-corrected chi connectivity index (χ1v) is 13.9. The van der Waals surface area contributed by atoms with Gasteiger partial charge < -0.3 is 9.88 Å². The first kappa shape index (κ1) is 27.2. The van der Waals surface area contributed by atoms with Gasteiger partial charge in [-0.05, 0) is 71.5 Å². The van der Waals surface area contributed by atoms with E-state index in [1.165, 1.54) is 5.56 Å². The largest absolute Gasteiger partial charge is 0.348 e. The Morgan fingerprint density at radius 2 is 1.78 bits per heavy atom. The van der Waals surface area contributed by atoms with Crippen LogP contribution in [0.5, 0.6) is 0 Å². The molecule has 0 fully saturated rings. The van der Waals surface area contributed by atoms with Gasteiger partial charge >= 0.3 is 0 Å². The van der Waals surface area contributed by atoms with Gasteiger partial charge in [0.15, 0.2) is 0 Å². The average Bonchev–Trinajstić information content (AvgIpc) is 3.03. The molecule has 0 atom stereocenters. The van der Waals surface area contributed by atoms with Crippen molar-refractivity contribution in [3.05, 3.63) is 111 Å². The van der Waals surface area contributed by atoms with Crippen LogP contribution in [0.3, 0.4) is 0 Å². The van der Waals surface area contributed by atoms with Crippen LogP contribution < -0.4 is 5.32 Å². The fourth-order valence-corrected chi connectivity index (χ4v) is 6.20. The molecule has 1 amide bonds. The lowest BCUT2D eigenvalue weighted by Crippen LogP contribution is -2.23. The Bertz CT molecular complexity index is 1350. The number of nitrogens with one attached hydrogen (secondary N) is 1. The highest BCUT2D eigenvalue weighted by Gasteiger charge is 2.24. The van der Waals surface area contributed by atoms with Crippen molar-refractivity contribution < 1.29 is 4.79 Å². The number of rotatable bonds is 9. The number of halogens is 2. The summed E-state index contributed by atoms with van der Waals surface area (Å²) in [4.78, 5) is 22.1. The van der Waals surface area contributed by atoms with Gasteiger partial charge in [0.2, 0.25) is 0 Å². The Morgan fingerprint density at radius 3 is 2.43 bits per heavy atom. The highest BCUT2D eigenvalue weighted by Crippen LogP contribution is 2.41. The van der Waals surface area contributed by atoms with E-state index in [2.05, 4.69) is 52.8 Å². The third kappa shape index (κ3) is 6.75. The van der Waals surface area contributed by atoms with Gasteiger partial charge in [-0.2, -0.15) is 0 Å². The van der Waals surface area contributed by atoms with E-state index >= 15 is 0 Å². The van der Waals surface area contributed by atoms with E-state index < -0.39 is 0 Å². The van der Waals surface area contributed by atoms with E-state index in [0.29, 0.717) is 31.0 Å². The summed E-state index contributed by atoms with van der Waals surface area (Å²) in [5.74, 6) is 0.551. The fourth-order valence-electron chi connectivity index (χ4n) is 4.34. The van der Waals surface area contributed by atoms with Crippen molar-refractivity contribution in [2.24, 2.45) is 0 Å². The zero-order valence-electron chi connectivity index (χ0n) is 21.2. The standard InChI is InChI=1S/C29H30Cl2N4OS/c1-19(2)27-26(17-34-28(36)23-8-12-33-13-9-23)20(3)35(18-21-6-10-32-11-7-21)29(27)37-25-14-22(16-30)4-5-24(31)15-25/h4,6-15,19H,5,16-18H2,1-3H3,(H,34,36). The number of hydrogen-bond acceptors (Lipinski definition) is 4. The van der Waals surface area contributed by atoms with Crippen LogP contribution in [0.25, 0.3) is 0 Å². The van der Waals surface area contributed by atoms with Crippen molar-refractivity contribution in [3.8, 4) is 0 Å². The van der Waals surface area contributed by atoms with Crippen molar-refractivity contribution in [1.29, 1.82) is 0 Å². The van der Waals surface area contributed by atoms with Crippen LogP contribution in [0.4, 0.5) is 0 Å². The summed E-state index contributed by atoms with van der Waals surface area (Å²) in [5, 5.41) is 5.03. The van der Waals surface area contributed by atoms with Crippen LogP contribution in [-0.2, 0) is 13.1 Å². The van der Waals surface area contributed by atoms with Gasteiger partial charge in [0.05, 0.1) is 5.03 Å². The topological polar surface area (TPSA) is 59.8 Å². The molecule has 0 bridgehead atoms. The number of carbonyl (C=O) groups is 1. The van der Waals surface area contributed by atoms with Crippen LogP contribution in [0.1, 0.15) is 58.9 Å². The Balaban J connectivity index is 1.76. The predicted molar refractivity (Wildman–Crippen MR) is 153 cm³/mol. The highest BCUT2D eigenvalue weighted by atomic mass is 35.5. The summed E-state index contributed by atoms with van der Waals surface area (Å²) in [6, 6.07) is 7.50. The Morgan fingerprint density at radius 1 is 1.11 bits per heavy atom. The highest BCUT2D eigenvalue weighted by molar-refractivity contribution is 8.03. The van der Waals surface area contributed by atoms with Crippen molar-refractivity contribution in [1.82, 2.24) is 19.9 Å². The minimum atomic E-state index is -0.120. The molecule has 3 aromatic heterocycles. The average molecular weight is 554 g/mol.